The molecule has 0 saturated carbocycles. The molecule has 0 radical (unpaired) electrons. The van der Waals surface area contributed by atoms with Crippen LogP contribution in [0.5, 0.6) is 5.75 Å². The Morgan fingerprint density at radius 1 is 0.731 bits per heavy atom. The Bertz CT molecular complexity index is 429. The highest BCUT2D eigenvalue weighted by Crippen LogP contribution is 2.21. The van der Waals surface area contributed by atoms with Crippen LogP contribution in [0.15, 0.2) is 24.3 Å². The van der Waals surface area contributed by atoms with Crippen LogP contribution in [-0.2, 0) is 0 Å². The van der Waals surface area contributed by atoms with Crippen LogP contribution in [0.2, 0.25) is 0 Å². The first-order valence-corrected chi connectivity index (χ1v) is 10.5. The molecule has 4 nitrogen and oxygen atoms in total. The molecule has 1 aromatic carbocycles. The Hall–Kier alpha value is -1.26. The Balaban J connectivity index is 2.57. The van der Waals surface area contributed by atoms with Gasteiger partial charge in [-0.15, -0.1) is 0 Å². The van der Waals surface area contributed by atoms with Crippen LogP contribution in [0.3, 0.4) is 0 Å². The fourth-order valence-corrected chi connectivity index (χ4v) is 3.25. The lowest BCUT2D eigenvalue weighted by molar-refractivity contribution is 0.145. The molecule has 0 aromatic heterocycles. The van der Waals surface area contributed by atoms with Crippen molar-refractivity contribution in [2.75, 3.05) is 18.0 Å². The molecule has 3 N–H and O–H groups in total. The highest BCUT2D eigenvalue weighted by Gasteiger charge is 2.16. The molecule has 0 saturated heterocycles. The summed E-state index contributed by atoms with van der Waals surface area (Å²) in [6, 6.07) is 7.01. The maximum Gasteiger partial charge on any atom is 0.115 e. The minimum absolute atomic E-state index is 0.230. The molecular formula is C22H39NO3. The van der Waals surface area contributed by atoms with Crippen LogP contribution >= 0.6 is 0 Å². The van der Waals surface area contributed by atoms with Crippen molar-refractivity contribution in [1.29, 1.82) is 0 Å². The van der Waals surface area contributed by atoms with Gasteiger partial charge in [0.25, 0.3) is 0 Å². The van der Waals surface area contributed by atoms with Crippen LogP contribution in [0.25, 0.3) is 0 Å². The summed E-state index contributed by atoms with van der Waals surface area (Å²) in [5.41, 5.74) is 0.933. The van der Waals surface area contributed by atoms with Gasteiger partial charge in [-0.2, -0.15) is 0 Å². The van der Waals surface area contributed by atoms with E-state index in [1.165, 1.54) is 25.7 Å². The van der Waals surface area contributed by atoms with Gasteiger partial charge in [0.05, 0.1) is 12.2 Å². The van der Waals surface area contributed by atoms with E-state index in [4.69, 9.17) is 0 Å². The summed E-state index contributed by atoms with van der Waals surface area (Å²) in [5.74, 6) is 0.230. The van der Waals surface area contributed by atoms with Crippen molar-refractivity contribution in [3.05, 3.63) is 24.3 Å². The number of nitrogens with zero attached hydrogens (tertiary/aromatic N) is 1. The molecule has 1 aromatic rings. The summed E-state index contributed by atoms with van der Waals surface area (Å²) in [4.78, 5) is 2.05. The molecule has 2 unspecified atom stereocenters. The van der Waals surface area contributed by atoms with Crippen LogP contribution in [0.1, 0.15) is 78.1 Å². The molecule has 0 fully saturated rings. The number of aromatic hydroxyl groups is 1. The summed E-state index contributed by atoms with van der Waals surface area (Å²) in [5, 5.41) is 30.4. The molecule has 150 valence electrons. The first kappa shape index (κ1) is 22.8. The second-order valence-corrected chi connectivity index (χ2v) is 7.43. The fraction of sp³-hybridized carbons (Fsp3) is 0.727. The molecule has 2 atom stereocenters. The molecule has 0 aliphatic rings. The number of rotatable bonds is 15. The van der Waals surface area contributed by atoms with Crippen molar-refractivity contribution >= 4 is 5.69 Å². The normalized spacial score (nSPS) is 13.5. The molecule has 0 heterocycles. The van der Waals surface area contributed by atoms with Gasteiger partial charge in [0.1, 0.15) is 5.75 Å². The lowest BCUT2D eigenvalue weighted by atomic mass is 10.1. The predicted molar refractivity (Wildman–Crippen MR) is 110 cm³/mol. The average molecular weight is 366 g/mol. The number of aliphatic hydroxyl groups is 2. The van der Waals surface area contributed by atoms with Gasteiger partial charge in [0.2, 0.25) is 0 Å². The third-order valence-electron chi connectivity index (χ3n) is 4.86. The second kappa shape index (κ2) is 13.9. The van der Waals surface area contributed by atoms with Crippen molar-refractivity contribution in [2.45, 2.75) is 90.3 Å². The number of phenolic OH excluding ortho intramolecular Hbond substituents is 1. The van der Waals surface area contributed by atoms with Crippen LogP contribution in [0.4, 0.5) is 5.69 Å². The molecule has 0 aliphatic heterocycles. The largest absolute Gasteiger partial charge is 0.508 e. The SMILES string of the molecule is CCCCCCC(O)CN(CC(O)CCCCCC)c1ccc(O)cc1. The van der Waals surface area contributed by atoms with E-state index in [1.807, 2.05) is 12.1 Å². The van der Waals surface area contributed by atoms with Crippen molar-refractivity contribution in [2.24, 2.45) is 0 Å². The Labute approximate surface area is 159 Å². The molecule has 4 heteroatoms. The lowest BCUT2D eigenvalue weighted by Crippen LogP contribution is -2.38. The quantitative estimate of drug-likeness (QED) is 0.388. The minimum Gasteiger partial charge on any atom is -0.508 e. The first-order valence-electron chi connectivity index (χ1n) is 10.5. The van der Waals surface area contributed by atoms with E-state index >= 15 is 0 Å². The molecule has 0 bridgehead atoms. The summed E-state index contributed by atoms with van der Waals surface area (Å²) in [7, 11) is 0. The van der Waals surface area contributed by atoms with Crippen LogP contribution in [0, 0.1) is 0 Å². The van der Waals surface area contributed by atoms with E-state index in [1.54, 1.807) is 12.1 Å². The maximum atomic E-state index is 10.4. The maximum absolute atomic E-state index is 10.4. The predicted octanol–water partition coefficient (Wildman–Crippen LogP) is 4.86. The van der Waals surface area contributed by atoms with Gasteiger partial charge in [0, 0.05) is 18.8 Å². The summed E-state index contributed by atoms with van der Waals surface area (Å²) in [6.07, 6.45) is 10.0. The van der Waals surface area contributed by atoms with Crippen LogP contribution < -0.4 is 4.90 Å². The zero-order valence-corrected chi connectivity index (χ0v) is 16.7. The third-order valence-corrected chi connectivity index (χ3v) is 4.86. The summed E-state index contributed by atoms with van der Waals surface area (Å²) in [6.45, 7) is 5.40. The van der Waals surface area contributed by atoms with E-state index in [0.29, 0.717) is 13.1 Å². The van der Waals surface area contributed by atoms with Crippen molar-refractivity contribution < 1.29 is 15.3 Å². The Morgan fingerprint density at radius 2 is 1.19 bits per heavy atom. The average Bonchev–Trinajstić information content (AvgIpc) is 2.62. The smallest absolute Gasteiger partial charge is 0.115 e. The van der Waals surface area contributed by atoms with E-state index in [9.17, 15) is 15.3 Å². The molecule has 26 heavy (non-hydrogen) atoms. The third kappa shape index (κ3) is 10.0. The number of benzene rings is 1. The summed E-state index contributed by atoms with van der Waals surface area (Å²) < 4.78 is 0. The number of hydrogen-bond donors (Lipinski definition) is 3. The number of unbranched alkanes of at least 4 members (excludes halogenated alkanes) is 6. The van der Waals surface area contributed by atoms with E-state index in [-0.39, 0.29) is 5.75 Å². The molecular weight excluding hydrogens is 326 g/mol. The Kier molecular flexibility index (Phi) is 12.2. The van der Waals surface area contributed by atoms with Crippen LogP contribution in [-0.4, -0.2) is 40.6 Å². The molecule has 0 spiro atoms. The number of aliphatic hydroxyl groups excluding tert-OH is 2. The zero-order chi connectivity index (χ0) is 19.2. The number of phenols is 1. The zero-order valence-electron chi connectivity index (χ0n) is 16.7. The monoisotopic (exact) mass is 365 g/mol. The molecule has 0 aliphatic carbocycles. The van der Waals surface area contributed by atoms with Crippen molar-refractivity contribution in [3.63, 3.8) is 0 Å². The van der Waals surface area contributed by atoms with Gasteiger partial charge in [-0.3, -0.25) is 0 Å². The lowest BCUT2D eigenvalue weighted by Gasteiger charge is -2.29. The minimum atomic E-state index is -0.395. The highest BCUT2D eigenvalue weighted by atomic mass is 16.3. The standard InChI is InChI=1S/C22H39NO3/c1-3-5-7-9-11-21(25)17-23(19-13-15-20(24)16-14-19)18-22(26)12-10-8-6-4-2/h13-16,21-22,24-26H,3-12,17-18H2,1-2H3. The van der Waals surface area contributed by atoms with E-state index in [2.05, 4.69) is 18.7 Å². The summed E-state index contributed by atoms with van der Waals surface area (Å²) >= 11 is 0. The second-order valence-electron chi connectivity index (χ2n) is 7.43. The van der Waals surface area contributed by atoms with Gasteiger partial charge < -0.3 is 20.2 Å². The number of hydrogen-bond acceptors (Lipinski definition) is 4. The van der Waals surface area contributed by atoms with Crippen molar-refractivity contribution in [1.82, 2.24) is 0 Å². The first-order chi connectivity index (χ1) is 12.6. The highest BCUT2D eigenvalue weighted by molar-refractivity contribution is 5.49. The number of anilines is 1. The molecule has 1 rings (SSSR count). The van der Waals surface area contributed by atoms with E-state index < -0.39 is 12.2 Å². The molecule has 0 amide bonds. The topological polar surface area (TPSA) is 63.9 Å². The van der Waals surface area contributed by atoms with Gasteiger partial charge >= 0.3 is 0 Å². The fourth-order valence-electron chi connectivity index (χ4n) is 3.25. The van der Waals surface area contributed by atoms with Gasteiger partial charge in [-0.25, -0.2) is 0 Å². The van der Waals surface area contributed by atoms with Gasteiger partial charge in [0.15, 0.2) is 0 Å². The Morgan fingerprint density at radius 3 is 1.62 bits per heavy atom. The van der Waals surface area contributed by atoms with Gasteiger partial charge in [-0.05, 0) is 37.1 Å². The van der Waals surface area contributed by atoms with Crippen molar-refractivity contribution in [3.8, 4) is 5.75 Å². The van der Waals surface area contributed by atoms with Gasteiger partial charge in [-0.1, -0.05) is 65.2 Å². The van der Waals surface area contributed by atoms with E-state index in [0.717, 1.165) is 44.2 Å².